The molecule has 2 amide bonds. The Morgan fingerprint density at radius 1 is 1.19 bits per heavy atom. The lowest BCUT2D eigenvalue weighted by Crippen LogP contribution is -2.40. The van der Waals surface area contributed by atoms with Gasteiger partial charge < -0.3 is 14.9 Å². The molecule has 1 aromatic carbocycles. The van der Waals surface area contributed by atoms with Crippen LogP contribution in [0.3, 0.4) is 0 Å². The molecule has 1 saturated carbocycles. The van der Waals surface area contributed by atoms with Gasteiger partial charge in [0.25, 0.3) is 17.4 Å². The van der Waals surface area contributed by atoms with Crippen molar-refractivity contribution < 1.29 is 19.1 Å². The van der Waals surface area contributed by atoms with E-state index in [4.69, 9.17) is 11.6 Å². The Bertz CT molecular complexity index is 1210. The van der Waals surface area contributed by atoms with E-state index in [0.717, 1.165) is 19.3 Å². The van der Waals surface area contributed by atoms with Crippen LogP contribution in [-0.2, 0) is 13.0 Å². The largest absolute Gasteiger partial charge is 0.502 e. The molecule has 1 N–H and O–H groups in total. The number of carbonyl (C=O) groups excluding carboxylic acids is 2. The van der Waals surface area contributed by atoms with Crippen molar-refractivity contribution in [3.8, 4) is 5.75 Å². The molecule has 1 unspecified atom stereocenters. The van der Waals surface area contributed by atoms with E-state index < -0.39 is 29.2 Å². The van der Waals surface area contributed by atoms with Crippen LogP contribution in [0.2, 0.25) is 5.02 Å². The van der Waals surface area contributed by atoms with Crippen LogP contribution >= 0.6 is 11.6 Å². The summed E-state index contributed by atoms with van der Waals surface area (Å²) in [6.07, 6.45) is 2.54. The maximum Gasteiger partial charge on any atom is 0.295 e. The van der Waals surface area contributed by atoms with Crippen LogP contribution < -0.4 is 5.56 Å². The summed E-state index contributed by atoms with van der Waals surface area (Å²) in [4.78, 5) is 43.0. The first-order chi connectivity index (χ1) is 15.3. The maximum atomic E-state index is 13.5. The molecule has 7 nitrogen and oxygen atoms in total. The van der Waals surface area contributed by atoms with Crippen LogP contribution in [0.15, 0.2) is 23.0 Å². The van der Waals surface area contributed by atoms with Crippen molar-refractivity contribution in [2.24, 2.45) is 5.92 Å². The highest BCUT2D eigenvalue weighted by Crippen LogP contribution is 2.46. The second-order valence-corrected chi connectivity index (χ2v) is 9.11. The number of aromatic nitrogens is 1. The zero-order valence-electron chi connectivity index (χ0n) is 17.6. The molecule has 0 spiro atoms. The van der Waals surface area contributed by atoms with Gasteiger partial charge in [0.1, 0.15) is 17.7 Å². The maximum absolute atomic E-state index is 13.5. The Hall–Kier alpha value is -2.87. The second kappa shape index (κ2) is 7.62. The summed E-state index contributed by atoms with van der Waals surface area (Å²) in [5, 5.41) is 10.7. The predicted molar refractivity (Wildman–Crippen MR) is 115 cm³/mol. The van der Waals surface area contributed by atoms with Crippen molar-refractivity contribution >= 4 is 23.4 Å². The second-order valence-electron chi connectivity index (χ2n) is 8.70. The number of hydrogen-bond acceptors (Lipinski definition) is 4. The van der Waals surface area contributed by atoms with Crippen LogP contribution in [0.4, 0.5) is 4.39 Å². The lowest BCUT2D eigenvalue weighted by molar-refractivity contribution is 0.0665. The first-order valence-corrected chi connectivity index (χ1v) is 11.3. The highest BCUT2D eigenvalue weighted by atomic mass is 35.5. The third-order valence-electron chi connectivity index (χ3n) is 6.53. The van der Waals surface area contributed by atoms with Gasteiger partial charge in [0.05, 0.1) is 10.6 Å². The van der Waals surface area contributed by atoms with Gasteiger partial charge >= 0.3 is 0 Å². The standard InChI is InChI=1S/C23H23ClFN3O4/c1-2-8-27-20(13-4-5-13)28-18(22(27)31)14-7-9-26(21(30)17(14)19(29)23(28)32)11-12-3-6-16(25)15(24)10-12/h3,6,10,13,20,29H,2,4-5,7-9,11H2,1H3. The molecule has 0 saturated heterocycles. The summed E-state index contributed by atoms with van der Waals surface area (Å²) in [6, 6.07) is 4.22. The van der Waals surface area contributed by atoms with E-state index in [1.54, 1.807) is 4.90 Å². The average molecular weight is 460 g/mol. The summed E-state index contributed by atoms with van der Waals surface area (Å²) in [5.41, 5.74) is 0.523. The molecule has 2 aromatic rings. The van der Waals surface area contributed by atoms with Crippen molar-refractivity contribution in [2.75, 3.05) is 13.1 Å². The summed E-state index contributed by atoms with van der Waals surface area (Å²) < 4.78 is 14.9. The lowest BCUT2D eigenvalue weighted by atomic mass is 9.95. The summed E-state index contributed by atoms with van der Waals surface area (Å²) in [5.74, 6) is -1.72. The van der Waals surface area contributed by atoms with E-state index in [-0.39, 0.29) is 34.6 Å². The Balaban J connectivity index is 1.56. The number of amides is 2. The van der Waals surface area contributed by atoms with Crippen LogP contribution in [0, 0.1) is 11.7 Å². The molecule has 1 aromatic heterocycles. The predicted octanol–water partition coefficient (Wildman–Crippen LogP) is 3.32. The van der Waals surface area contributed by atoms with Gasteiger partial charge in [-0.2, -0.15) is 0 Å². The molecule has 3 aliphatic rings. The molecular weight excluding hydrogens is 437 g/mol. The molecule has 1 atom stereocenters. The number of aromatic hydroxyl groups is 1. The SMILES string of the molecule is CCCN1C(=O)c2c3c(c(O)c(=O)n2C1C1CC1)C(=O)N(Cc1ccc(F)c(Cl)c1)CC3. The summed E-state index contributed by atoms with van der Waals surface area (Å²) >= 11 is 5.85. The highest BCUT2D eigenvalue weighted by molar-refractivity contribution is 6.30. The monoisotopic (exact) mass is 459 g/mol. The number of benzene rings is 1. The minimum absolute atomic E-state index is 0.0426. The van der Waals surface area contributed by atoms with Gasteiger partial charge in [-0.15, -0.1) is 0 Å². The van der Waals surface area contributed by atoms with Crippen molar-refractivity contribution in [1.29, 1.82) is 0 Å². The lowest BCUT2D eigenvalue weighted by Gasteiger charge is -2.30. The number of hydrogen-bond donors (Lipinski definition) is 1. The molecule has 0 bridgehead atoms. The number of rotatable bonds is 5. The molecule has 9 heteroatoms. The normalized spacial score (nSPS) is 20.0. The summed E-state index contributed by atoms with van der Waals surface area (Å²) in [6.45, 7) is 2.94. The molecule has 5 rings (SSSR count). The van der Waals surface area contributed by atoms with Gasteiger partial charge in [-0.3, -0.25) is 19.0 Å². The van der Waals surface area contributed by atoms with Crippen molar-refractivity contribution in [2.45, 2.75) is 45.3 Å². The average Bonchev–Trinajstić information content (AvgIpc) is 3.56. The quantitative estimate of drug-likeness (QED) is 0.743. The van der Waals surface area contributed by atoms with Gasteiger partial charge in [-0.1, -0.05) is 24.6 Å². The molecule has 32 heavy (non-hydrogen) atoms. The fourth-order valence-corrected chi connectivity index (χ4v) is 5.14. The molecule has 1 fully saturated rings. The highest BCUT2D eigenvalue weighted by Gasteiger charge is 2.49. The first-order valence-electron chi connectivity index (χ1n) is 10.9. The van der Waals surface area contributed by atoms with E-state index in [1.807, 2.05) is 6.92 Å². The van der Waals surface area contributed by atoms with Crippen LogP contribution in [0.5, 0.6) is 5.75 Å². The van der Waals surface area contributed by atoms with Crippen LogP contribution in [-0.4, -0.2) is 44.4 Å². The molecular formula is C23H23ClFN3O4. The van der Waals surface area contributed by atoms with Crippen LogP contribution in [0.25, 0.3) is 0 Å². The zero-order valence-corrected chi connectivity index (χ0v) is 18.4. The zero-order chi connectivity index (χ0) is 22.7. The number of pyridine rings is 1. The third kappa shape index (κ3) is 3.11. The van der Waals surface area contributed by atoms with E-state index in [0.29, 0.717) is 30.6 Å². The molecule has 3 heterocycles. The Morgan fingerprint density at radius 3 is 2.59 bits per heavy atom. The van der Waals surface area contributed by atoms with Crippen molar-refractivity contribution in [3.05, 3.63) is 61.8 Å². The Morgan fingerprint density at radius 2 is 1.94 bits per heavy atom. The van der Waals surface area contributed by atoms with E-state index in [1.165, 1.54) is 27.7 Å². The topological polar surface area (TPSA) is 82.9 Å². The minimum atomic E-state index is -0.692. The van der Waals surface area contributed by atoms with Gasteiger partial charge in [-0.05, 0) is 49.3 Å². The molecule has 2 aliphatic heterocycles. The minimum Gasteiger partial charge on any atom is -0.502 e. The third-order valence-corrected chi connectivity index (χ3v) is 6.82. The smallest absolute Gasteiger partial charge is 0.295 e. The number of fused-ring (bicyclic) bond motifs is 3. The van der Waals surface area contributed by atoms with Crippen LogP contribution in [0.1, 0.15) is 64.3 Å². The summed E-state index contributed by atoms with van der Waals surface area (Å²) in [7, 11) is 0. The van der Waals surface area contributed by atoms with E-state index in [9.17, 15) is 23.9 Å². The molecule has 0 radical (unpaired) electrons. The molecule has 168 valence electrons. The number of nitrogens with zero attached hydrogens (tertiary/aromatic N) is 3. The number of carbonyl (C=O) groups is 2. The van der Waals surface area contributed by atoms with Gasteiger partial charge in [0.2, 0.25) is 0 Å². The van der Waals surface area contributed by atoms with Gasteiger partial charge in [0.15, 0.2) is 5.75 Å². The van der Waals surface area contributed by atoms with Crippen molar-refractivity contribution in [1.82, 2.24) is 14.4 Å². The first kappa shape index (κ1) is 21.0. The van der Waals surface area contributed by atoms with Crippen molar-refractivity contribution in [3.63, 3.8) is 0 Å². The van der Waals surface area contributed by atoms with E-state index >= 15 is 0 Å². The fourth-order valence-electron chi connectivity index (χ4n) is 4.93. The number of halogens is 2. The van der Waals surface area contributed by atoms with Gasteiger partial charge in [0, 0.05) is 25.2 Å². The molecule has 1 aliphatic carbocycles. The Labute approximate surface area is 189 Å². The van der Waals surface area contributed by atoms with E-state index in [2.05, 4.69) is 0 Å². The van der Waals surface area contributed by atoms with Gasteiger partial charge in [-0.25, -0.2) is 4.39 Å². The Kier molecular flexibility index (Phi) is 5.00. The fraction of sp³-hybridized carbons (Fsp3) is 0.435.